The van der Waals surface area contributed by atoms with E-state index in [0.717, 1.165) is 10.7 Å². The Kier molecular flexibility index (Phi) is 5.02. The maximum absolute atomic E-state index is 4.63. The maximum atomic E-state index is 4.63. The molecule has 0 saturated heterocycles. The fraction of sp³-hybridized carbons (Fsp3) is 0.400. The number of aryl methyl sites for hydroxylation is 1. The van der Waals surface area contributed by atoms with Crippen LogP contribution in [0.5, 0.6) is 0 Å². The Bertz CT molecular complexity index is 517. The van der Waals surface area contributed by atoms with Gasteiger partial charge < -0.3 is 5.32 Å². The highest BCUT2D eigenvalue weighted by Gasteiger charge is 2.18. The molecule has 0 saturated carbocycles. The Balaban J connectivity index is 2.30. The zero-order valence-corrected chi connectivity index (χ0v) is 13.4. The van der Waals surface area contributed by atoms with Gasteiger partial charge >= 0.3 is 0 Å². The van der Waals surface area contributed by atoms with Gasteiger partial charge in [-0.15, -0.1) is 23.1 Å². The van der Waals surface area contributed by atoms with Crippen molar-refractivity contribution in [1.82, 2.24) is 10.3 Å². The molecule has 0 fully saturated rings. The molecule has 0 amide bonds. The van der Waals surface area contributed by atoms with Crippen LogP contribution in [0, 0.1) is 6.92 Å². The summed E-state index contributed by atoms with van der Waals surface area (Å²) >= 11 is 3.50. The van der Waals surface area contributed by atoms with Crippen molar-refractivity contribution in [3.8, 4) is 0 Å². The molecule has 2 aromatic rings. The normalized spacial score (nSPS) is 12.9. The van der Waals surface area contributed by atoms with Gasteiger partial charge in [0.15, 0.2) is 0 Å². The average molecular weight is 292 g/mol. The van der Waals surface area contributed by atoms with Gasteiger partial charge in [0.1, 0.15) is 5.01 Å². The number of hydrogen-bond acceptors (Lipinski definition) is 4. The fourth-order valence-electron chi connectivity index (χ4n) is 1.94. The third-order valence-corrected chi connectivity index (χ3v) is 4.60. The third kappa shape index (κ3) is 3.81. The number of thioether (sulfide) groups is 1. The Morgan fingerprint density at radius 1 is 1.21 bits per heavy atom. The SMILES string of the molecule is CSc1ccc(C(NC(C)C)c2nc(C)cs2)cc1. The van der Waals surface area contributed by atoms with Crippen molar-refractivity contribution in [2.24, 2.45) is 0 Å². The molecular weight excluding hydrogens is 272 g/mol. The van der Waals surface area contributed by atoms with E-state index in [1.807, 2.05) is 6.92 Å². The number of nitrogens with zero attached hydrogens (tertiary/aromatic N) is 1. The van der Waals surface area contributed by atoms with E-state index in [1.54, 1.807) is 23.1 Å². The van der Waals surface area contributed by atoms with Crippen LogP contribution in [0.4, 0.5) is 0 Å². The van der Waals surface area contributed by atoms with Gasteiger partial charge in [-0.25, -0.2) is 4.98 Å². The summed E-state index contributed by atoms with van der Waals surface area (Å²) in [6.07, 6.45) is 2.10. The van der Waals surface area contributed by atoms with Crippen molar-refractivity contribution in [2.75, 3.05) is 6.26 Å². The zero-order valence-electron chi connectivity index (χ0n) is 11.8. The lowest BCUT2D eigenvalue weighted by Crippen LogP contribution is -2.28. The van der Waals surface area contributed by atoms with E-state index in [1.165, 1.54) is 10.5 Å². The Labute approximate surface area is 123 Å². The van der Waals surface area contributed by atoms with E-state index in [9.17, 15) is 0 Å². The molecule has 1 atom stereocenters. The van der Waals surface area contributed by atoms with Gasteiger partial charge in [-0.05, 0) is 44.7 Å². The molecule has 19 heavy (non-hydrogen) atoms. The van der Waals surface area contributed by atoms with Crippen LogP contribution in [0.15, 0.2) is 34.5 Å². The van der Waals surface area contributed by atoms with Gasteiger partial charge in [-0.1, -0.05) is 12.1 Å². The van der Waals surface area contributed by atoms with Crippen LogP contribution in [-0.4, -0.2) is 17.3 Å². The molecule has 4 heteroatoms. The van der Waals surface area contributed by atoms with Crippen LogP contribution in [0.25, 0.3) is 0 Å². The molecule has 2 rings (SSSR count). The lowest BCUT2D eigenvalue weighted by atomic mass is 10.1. The summed E-state index contributed by atoms with van der Waals surface area (Å²) in [5.41, 5.74) is 2.37. The summed E-state index contributed by atoms with van der Waals surface area (Å²) in [5.74, 6) is 0. The predicted molar refractivity (Wildman–Crippen MR) is 85.2 cm³/mol. The number of thiazole rings is 1. The first-order chi connectivity index (χ1) is 9.10. The highest BCUT2D eigenvalue weighted by Crippen LogP contribution is 2.27. The topological polar surface area (TPSA) is 24.9 Å². The largest absolute Gasteiger partial charge is 0.302 e. The number of hydrogen-bond donors (Lipinski definition) is 1. The van der Waals surface area contributed by atoms with Gasteiger partial charge in [0.25, 0.3) is 0 Å². The minimum absolute atomic E-state index is 0.189. The summed E-state index contributed by atoms with van der Waals surface area (Å²) < 4.78 is 0. The van der Waals surface area contributed by atoms with E-state index >= 15 is 0 Å². The maximum Gasteiger partial charge on any atom is 0.114 e. The summed E-state index contributed by atoms with van der Waals surface area (Å²) in [5, 5.41) is 6.86. The van der Waals surface area contributed by atoms with Crippen LogP contribution < -0.4 is 5.32 Å². The van der Waals surface area contributed by atoms with Crippen LogP contribution in [0.2, 0.25) is 0 Å². The smallest absolute Gasteiger partial charge is 0.114 e. The van der Waals surface area contributed by atoms with Gasteiger partial charge in [-0.3, -0.25) is 0 Å². The van der Waals surface area contributed by atoms with E-state index in [4.69, 9.17) is 0 Å². The Hall–Kier alpha value is -0.840. The Morgan fingerprint density at radius 3 is 2.37 bits per heavy atom. The highest BCUT2D eigenvalue weighted by atomic mass is 32.2. The monoisotopic (exact) mass is 292 g/mol. The van der Waals surface area contributed by atoms with E-state index in [2.05, 4.69) is 60.0 Å². The average Bonchev–Trinajstić information content (AvgIpc) is 2.82. The highest BCUT2D eigenvalue weighted by molar-refractivity contribution is 7.98. The number of aromatic nitrogens is 1. The first-order valence-electron chi connectivity index (χ1n) is 6.42. The molecule has 0 radical (unpaired) electrons. The molecule has 0 aliphatic heterocycles. The molecular formula is C15H20N2S2. The fourth-order valence-corrected chi connectivity index (χ4v) is 3.23. The van der Waals surface area contributed by atoms with Crippen LogP contribution in [-0.2, 0) is 0 Å². The summed E-state index contributed by atoms with van der Waals surface area (Å²) in [6.45, 7) is 6.39. The lowest BCUT2D eigenvalue weighted by Gasteiger charge is -2.20. The van der Waals surface area contributed by atoms with Crippen LogP contribution in [0.1, 0.15) is 36.2 Å². The van der Waals surface area contributed by atoms with Crippen molar-refractivity contribution in [2.45, 2.75) is 37.8 Å². The second kappa shape index (κ2) is 6.55. The van der Waals surface area contributed by atoms with Crippen LogP contribution in [0.3, 0.4) is 0 Å². The predicted octanol–water partition coefficient (Wildman–Crippen LogP) is 4.26. The molecule has 0 bridgehead atoms. The molecule has 0 spiro atoms. The van der Waals surface area contributed by atoms with Crippen molar-refractivity contribution in [1.29, 1.82) is 0 Å². The molecule has 2 nitrogen and oxygen atoms in total. The van der Waals surface area contributed by atoms with Gasteiger partial charge in [0.2, 0.25) is 0 Å². The Morgan fingerprint density at radius 2 is 1.89 bits per heavy atom. The number of benzene rings is 1. The summed E-state index contributed by atoms with van der Waals surface area (Å²) in [4.78, 5) is 5.93. The molecule has 1 aromatic carbocycles. The van der Waals surface area contributed by atoms with Gasteiger partial charge in [0, 0.05) is 22.0 Å². The third-order valence-electron chi connectivity index (χ3n) is 2.83. The van der Waals surface area contributed by atoms with Crippen molar-refractivity contribution < 1.29 is 0 Å². The molecule has 1 unspecified atom stereocenters. The minimum atomic E-state index is 0.189. The standard InChI is InChI=1S/C15H20N2S2/c1-10(2)16-14(15-17-11(3)9-19-15)12-5-7-13(18-4)8-6-12/h5-10,14,16H,1-4H3. The second-order valence-corrected chi connectivity index (χ2v) is 6.62. The first kappa shape index (κ1) is 14.6. The minimum Gasteiger partial charge on any atom is -0.302 e. The van der Waals surface area contributed by atoms with E-state index in [-0.39, 0.29) is 6.04 Å². The molecule has 0 aliphatic rings. The van der Waals surface area contributed by atoms with Gasteiger partial charge in [0.05, 0.1) is 6.04 Å². The van der Waals surface area contributed by atoms with Crippen molar-refractivity contribution in [3.63, 3.8) is 0 Å². The molecule has 1 aromatic heterocycles. The molecule has 1 heterocycles. The lowest BCUT2D eigenvalue weighted by molar-refractivity contribution is 0.526. The quantitative estimate of drug-likeness (QED) is 0.833. The number of nitrogens with one attached hydrogen (secondary N) is 1. The summed E-state index contributed by atoms with van der Waals surface area (Å²) in [7, 11) is 0. The molecule has 1 N–H and O–H groups in total. The summed E-state index contributed by atoms with van der Waals surface area (Å²) in [6, 6.07) is 9.36. The van der Waals surface area contributed by atoms with E-state index < -0.39 is 0 Å². The first-order valence-corrected chi connectivity index (χ1v) is 8.52. The molecule has 0 aliphatic carbocycles. The van der Waals surface area contributed by atoms with Crippen molar-refractivity contribution >= 4 is 23.1 Å². The number of rotatable bonds is 5. The van der Waals surface area contributed by atoms with Gasteiger partial charge in [-0.2, -0.15) is 0 Å². The van der Waals surface area contributed by atoms with Crippen LogP contribution >= 0.6 is 23.1 Å². The second-order valence-electron chi connectivity index (χ2n) is 4.85. The molecule has 102 valence electrons. The van der Waals surface area contributed by atoms with Crippen molar-refractivity contribution in [3.05, 3.63) is 45.9 Å². The van der Waals surface area contributed by atoms with E-state index in [0.29, 0.717) is 6.04 Å². The zero-order chi connectivity index (χ0) is 13.8.